The first-order valence-corrected chi connectivity index (χ1v) is 6.59. The van der Waals surface area contributed by atoms with Crippen LogP contribution in [-0.4, -0.2) is 17.0 Å². The quantitative estimate of drug-likeness (QED) is 0.334. The highest BCUT2D eigenvalue weighted by atomic mass is 16.4. The van der Waals surface area contributed by atoms with Crippen molar-refractivity contribution in [3.05, 3.63) is 29.8 Å². The van der Waals surface area contributed by atoms with E-state index in [1.165, 1.54) is 19.3 Å². The van der Waals surface area contributed by atoms with Crippen LogP contribution in [0.1, 0.15) is 24.8 Å². The number of oxime groups is 1. The number of nitrogens with zero attached hydrogens (tertiary/aromatic N) is 1. The second kappa shape index (κ2) is 4.57. The minimum atomic E-state index is 0.0411. The number of rotatable bonds is 3. The molecule has 0 aliphatic heterocycles. The van der Waals surface area contributed by atoms with Crippen molar-refractivity contribution in [1.29, 1.82) is 0 Å². The number of benzene rings is 1. The van der Waals surface area contributed by atoms with Crippen LogP contribution in [-0.2, 0) is 4.79 Å². The van der Waals surface area contributed by atoms with Crippen LogP contribution in [0.15, 0.2) is 29.4 Å². The van der Waals surface area contributed by atoms with Crippen molar-refractivity contribution in [2.24, 2.45) is 28.6 Å². The van der Waals surface area contributed by atoms with Gasteiger partial charge in [-0.15, -0.1) is 0 Å². The molecule has 0 heterocycles. The van der Waals surface area contributed by atoms with Crippen molar-refractivity contribution in [2.45, 2.75) is 19.3 Å². The molecule has 1 amide bonds. The van der Waals surface area contributed by atoms with E-state index in [0.717, 1.165) is 0 Å². The summed E-state index contributed by atoms with van der Waals surface area (Å²) in [5.41, 5.74) is 6.82. The number of nitrogens with two attached hydrogens (primary N) is 1. The Morgan fingerprint density at radius 3 is 2.79 bits per heavy atom. The lowest BCUT2D eigenvalue weighted by Crippen LogP contribution is -2.18. The Labute approximate surface area is 111 Å². The first-order valence-electron chi connectivity index (χ1n) is 6.59. The highest BCUT2D eigenvalue weighted by Crippen LogP contribution is 2.57. The zero-order valence-electron chi connectivity index (χ0n) is 10.5. The predicted molar refractivity (Wildman–Crippen MR) is 71.9 cm³/mol. The number of hydrogen-bond acceptors (Lipinski definition) is 3. The van der Waals surface area contributed by atoms with Crippen LogP contribution in [0.4, 0.5) is 5.69 Å². The van der Waals surface area contributed by atoms with E-state index in [2.05, 4.69) is 10.5 Å². The SMILES string of the molecule is N/C(=N/O)c1cccc(NC(=O)C2C3CCCC32)c1. The number of hydrogen-bond donors (Lipinski definition) is 3. The zero-order chi connectivity index (χ0) is 13.4. The highest BCUT2D eigenvalue weighted by molar-refractivity contribution is 6.00. The average molecular weight is 259 g/mol. The lowest BCUT2D eigenvalue weighted by Gasteiger charge is -2.08. The van der Waals surface area contributed by atoms with Gasteiger partial charge in [0.2, 0.25) is 5.91 Å². The van der Waals surface area contributed by atoms with E-state index in [4.69, 9.17) is 10.9 Å². The number of carbonyl (C=O) groups is 1. The van der Waals surface area contributed by atoms with Crippen LogP contribution in [0.2, 0.25) is 0 Å². The van der Waals surface area contributed by atoms with Crippen LogP contribution < -0.4 is 11.1 Å². The molecule has 100 valence electrons. The average Bonchev–Trinajstić information content (AvgIpc) is 2.92. The van der Waals surface area contributed by atoms with E-state index >= 15 is 0 Å². The minimum absolute atomic E-state index is 0.0411. The molecule has 2 aliphatic rings. The lowest BCUT2D eigenvalue weighted by molar-refractivity contribution is -0.118. The summed E-state index contributed by atoms with van der Waals surface area (Å²) < 4.78 is 0. The fraction of sp³-hybridized carbons (Fsp3) is 0.429. The number of amides is 1. The minimum Gasteiger partial charge on any atom is -0.409 e. The van der Waals surface area contributed by atoms with E-state index in [1.54, 1.807) is 18.2 Å². The van der Waals surface area contributed by atoms with Gasteiger partial charge >= 0.3 is 0 Å². The van der Waals surface area contributed by atoms with Crippen molar-refractivity contribution in [1.82, 2.24) is 0 Å². The smallest absolute Gasteiger partial charge is 0.228 e. The molecule has 0 aromatic heterocycles. The van der Waals surface area contributed by atoms with Gasteiger partial charge in [-0.2, -0.15) is 0 Å². The van der Waals surface area contributed by atoms with E-state index in [-0.39, 0.29) is 17.7 Å². The van der Waals surface area contributed by atoms with E-state index in [9.17, 15) is 4.79 Å². The van der Waals surface area contributed by atoms with Crippen LogP contribution in [0.25, 0.3) is 0 Å². The molecule has 1 aromatic carbocycles. The Morgan fingerprint density at radius 2 is 2.11 bits per heavy atom. The summed E-state index contributed by atoms with van der Waals surface area (Å²) in [7, 11) is 0. The summed E-state index contributed by atoms with van der Waals surface area (Å²) in [6.45, 7) is 0. The third-order valence-corrected chi connectivity index (χ3v) is 4.24. The maximum atomic E-state index is 12.1. The molecular formula is C14H17N3O2. The highest BCUT2D eigenvalue weighted by Gasteiger charge is 2.56. The fourth-order valence-electron chi connectivity index (χ4n) is 3.25. The van der Waals surface area contributed by atoms with Gasteiger partial charge in [0.15, 0.2) is 5.84 Å². The first kappa shape index (κ1) is 12.0. The first-order chi connectivity index (χ1) is 9.20. The van der Waals surface area contributed by atoms with Gasteiger partial charge in [-0.25, -0.2) is 0 Å². The molecule has 2 unspecified atom stereocenters. The van der Waals surface area contributed by atoms with Gasteiger partial charge in [-0.3, -0.25) is 4.79 Å². The molecule has 3 rings (SSSR count). The van der Waals surface area contributed by atoms with Gasteiger partial charge in [0, 0.05) is 17.2 Å². The molecule has 19 heavy (non-hydrogen) atoms. The Morgan fingerprint density at radius 1 is 1.37 bits per heavy atom. The fourth-order valence-corrected chi connectivity index (χ4v) is 3.25. The molecular weight excluding hydrogens is 242 g/mol. The molecule has 4 N–H and O–H groups in total. The largest absolute Gasteiger partial charge is 0.409 e. The van der Waals surface area contributed by atoms with Gasteiger partial charge < -0.3 is 16.3 Å². The van der Waals surface area contributed by atoms with Gasteiger partial charge in [0.1, 0.15) is 0 Å². The summed E-state index contributed by atoms with van der Waals surface area (Å²) in [5.74, 6) is 1.55. The second-order valence-electron chi connectivity index (χ2n) is 5.34. The summed E-state index contributed by atoms with van der Waals surface area (Å²) in [5, 5.41) is 14.5. The standard InChI is InChI=1S/C14H17N3O2/c15-13(17-19)8-3-1-4-9(7-8)16-14(18)12-10-5-2-6-11(10)12/h1,3-4,7,10-12,19H,2,5-6H2,(H2,15,17)(H,16,18). The van der Waals surface area contributed by atoms with Crippen molar-refractivity contribution in [2.75, 3.05) is 5.32 Å². The molecule has 0 bridgehead atoms. The second-order valence-corrected chi connectivity index (χ2v) is 5.34. The van der Waals surface area contributed by atoms with E-state index in [1.807, 2.05) is 6.07 Å². The predicted octanol–water partition coefficient (Wildman–Crippen LogP) is 1.77. The molecule has 2 aliphatic carbocycles. The molecule has 2 atom stereocenters. The van der Waals surface area contributed by atoms with Gasteiger partial charge in [-0.05, 0) is 36.8 Å². The summed E-state index contributed by atoms with van der Waals surface area (Å²) in [6, 6.07) is 7.03. The summed E-state index contributed by atoms with van der Waals surface area (Å²) >= 11 is 0. The van der Waals surface area contributed by atoms with Crippen molar-refractivity contribution in [3.63, 3.8) is 0 Å². The number of carbonyl (C=O) groups excluding carboxylic acids is 1. The van der Waals surface area contributed by atoms with Crippen LogP contribution in [0.5, 0.6) is 0 Å². The number of anilines is 1. The molecule has 0 spiro atoms. The Balaban J connectivity index is 1.68. The van der Waals surface area contributed by atoms with Crippen LogP contribution in [0, 0.1) is 17.8 Å². The number of fused-ring (bicyclic) bond motifs is 1. The van der Waals surface area contributed by atoms with Crippen molar-refractivity contribution < 1.29 is 10.0 Å². The lowest BCUT2D eigenvalue weighted by atomic mass is 10.1. The molecule has 2 fully saturated rings. The molecule has 2 saturated carbocycles. The molecule has 0 saturated heterocycles. The molecule has 1 aromatic rings. The molecule has 5 heteroatoms. The number of amidine groups is 1. The summed E-state index contributed by atoms with van der Waals surface area (Å²) in [4.78, 5) is 12.1. The Hall–Kier alpha value is -2.04. The zero-order valence-corrected chi connectivity index (χ0v) is 10.5. The Bertz CT molecular complexity index is 531. The molecule has 5 nitrogen and oxygen atoms in total. The van der Waals surface area contributed by atoms with Gasteiger partial charge in [0.25, 0.3) is 0 Å². The third kappa shape index (κ3) is 2.16. The summed E-state index contributed by atoms with van der Waals surface area (Å²) in [6.07, 6.45) is 3.64. The van der Waals surface area contributed by atoms with E-state index in [0.29, 0.717) is 23.1 Å². The van der Waals surface area contributed by atoms with Gasteiger partial charge in [-0.1, -0.05) is 23.7 Å². The normalized spacial score (nSPS) is 28.8. The monoisotopic (exact) mass is 259 g/mol. The van der Waals surface area contributed by atoms with E-state index < -0.39 is 0 Å². The topological polar surface area (TPSA) is 87.7 Å². The van der Waals surface area contributed by atoms with Crippen LogP contribution in [0.3, 0.4) is 0 Å². The van der Waals surface area contributed by atoms with Gasteiger partial charge in [0.05, 0.1) is 0 Å². The molecule has 0 radical (unpaired) electrons. The van der Waals surface area contributed by atoms with Crippen LogP contribution >= 0.6 is 0 Å². The third-order valence-electron chi connectivity index (χ3n) is 4.24. The Kier molecular flexibility index (Phi) is 2.89. The van der Waals surface area contributed by atoms with Crippen molar-refractivity contribution >= 4 is 17.4 Å². The number of nitrogens with one attached hydrogen (secondary N) is 1. The van der Waals surface area contributed by atoms with Crippen molar-refractivity contribution in [3.8, 4) is 0 Å². The maximum Gasteiger partial charge on any atom is 0.228 e. The maximum absolute atomic E-state index is 12.1.